The van der Waals surface area contributed by atoms with E-state index < -0.39 is 10.0 Å². The van der Waals surface area contributed by atoms with Crippen molar-refractivity contribution in [1.29, 1.82) is 0 Å². The lowest BCUT2D eigenvalue weighted by Crippen LogP contribution is -2.35. The summed E-state index contributed by atoms with van der Waals surface area (Å²) in [4.78, 5) is 12.6. The number of hydrogen-bond donors (Lipinski definition) is 1. The Morgan fingerprint density at radius 3 is 2.41 bits per heavy atom. The number of aromatic nitrogens is 2. The molecular formula is C18H24N4O3S2. The van der Waals surface area contributed by atoms with Crippen LogP contribution < -0.4 is 5.32 Å². The van der Waals surface area contributed by atoms with E-state index >= 15 is 0 Å². The number of anilines is 1. The molecule has 0 spiro atoms. The number of nitrogens with zero attached hydrogens (tertiary/aromatic N) is 3. The van der Waals surface area contributed by atoms with E-state index in [0.717, 1.165) is 24.3 Å². The molecule has 1 aromatic carbocycles. The number of rotatable bonds is 7. The van der Waals surface area contributed by atoms with E-state index in [-0.39, 0.29) is 17.2 Å². The van der Waals surface area contributed by atoms with Gasteiger partial charge >= 0.3 is 0 Å². The largest absolute Gasteiger partial charge is 0.353 e. The molecule has 7 nitrogen and oxygen atoms in total. The molecule has 0 saturated carbocycles. The third-order valence-corrected chi connectivity index (χ3v) is 7.56. The van der Waals surface area contributed by atoms with Crippen LogP contribution in [-0.2, 0) is 10.0 Å². The normalized spacial score (nSPS) is 15.8. The van der Waals surface area contributed by atoms with Gasteiger partial charge in [0.25, 0.3) is 0 Å². The van der Waals surface area contributed by atoms with E-state index in [1.165, 1.54) is 27.8 Å². The van der Waals surface area contributed by atoms with E-state index in [4.69, 9.17) is 0 Å². The van der Waals surface area contributed by atoms with Crippen molar-refractivity contribution < 1.29 is 13.2 Å². The molecule has 2 heterocycles. The van der Waals surface area contributed by atoms with E-state index in [9.17, 15) is 13.2 Å². The minimum Gasteiger partial charge on any atom is -0.353 e. The minimum atomic E-state index is -3.48. The summed E-state index contributed by atoms with van der Waals surface area (Å²) in [5, 5.41) is 12.6. The first-order valence-corrected chi connectivity index (χ1v) is 11.3. The van der Waals surface area contributed by atoms with Gasteiger partial charge in [-0.25, -0.2) is 8.42 Å². The summed E-state index contributed by atoms with van der Waals surface area (Å²) in [5.41, 5.74) is 0.466. The van der Waals surface area contributed by atoms with Crippen LogP contribution in [0.4, 0.5) is 5.13 Å². The quantitative estimate of drug-likeness (QED) is 0.708. The lowest BCUT2D eigenvalue weighted by Gasteiger charge is -2.25. The van der Waals surface area contributed by atoms with Crippen LogP contribution >= 0.6 is 11.3 Å². The van der Waals surface area contributed by atoms with Gasteiger partial charge in [-0.3, -0.25) is 4.79 Å². The number of ketones is 1. The Kier molecular flexibility index (Phi) is 6.23. The monoisotopic (exact) mass is 408 g/mol. The molecule has 1 aliphatic heterocycles. The van der Waals surface area contributed by atoms with Gasteiger partial charge in [0.2, 0.25) is 15.2 Å². The maximum absolute atomic E-state index is 12.7. The molecule has 0 unspecified atom stereocenters. The molecule has 1 fully saturated rings. The van der Waals surface area contributed by atoms with Crippen molar-refractivity contribution in [2.45, 2.75) is 43.9 Å². The maximum atomic E-state index is 12.7. The van der Waals surface area contributed by atoms with Crippen molar-refractivity contribution >= 4 is 32.3 Å². The van der Waals surface area contributed by atoms with Gasteiger partial charge < -0.3 is 5.32 Å². The highest BCUT2D eigenvalue weighted by Crippen LogP contribution is 2.23. The Bertz CT molecular complexity index is 886. The maximum Gasteiger partial charge on any atom is 0.243 e. The Hall–Kier alpha value is -1.84. The molecule has 1 aromatic heterocycles. The van der Waals surface area contributed by atoms with Crippen LogP contribution in [-0.4, -0.2) is 48.3 Å². The van der Waals surface area contributed by atoms with E-state index in [0.29, 0.717) is 29.7 Å². The van der Waals surface area contributed by atoms with Crippen molar-refractivity contribution in [2.75, 3.05) is 25.0 Å². The van der Waals surface area contributed by atoms with E-state index in [1.54, 1.807) is 12.1 Å². The average Bonchev–Trinajstić information content (AvgIpc) is 3.16. The highest BCUT2D eigenvalue weighted by molar-refractivity contribution is 7.89. The zero-order chi connectivity index (χ0) is 19.4. The molecule has 0 radical (unpaired) electrons. The average molecular weight is 409 g/mol. The van der Waals surface area contributed by atoms with Gasteiger partial charge in [0.05, 0.1) is 11.4 Å². The second-order valence-corrected chi connectivity index (χ2v) is 9.81. The molecule has 1 aliphatic rings. The molecule has 2 aromatic rings. The number of carbonyl (C=O) groups is 1. The molecule has 9 heteroatoms. The number of hydrogen-bond acceptors (Lipinski definition) is 7. The van der Waals surface area contributed by atoms with Crippen LogP contribution in [0.2, 0.25) is 0 Å². The van der Waals surface area contributed by atoms with Gasteiger partial charge in [-0.05, 0) is 37.1 Å². The van der Waals surface area contributed by atoms with Crippen LogP contribution in [0.15, 0.2) is 29.2 Å². The summed E-state index contributed by atoms with van der Waals surface area (Å²) >= 11 is 1.43. The van der Waals surface area contributed by atoms with Gasteiger partial charge in [0.1, 0.15) is 5.01 Å². The number of carbonyl (C=O) groups excluding carboxylic acids is 1. The first-order valence-electron chi connectivity index (χ1n) is 9.08. The molecule has 146 valence electrons. The molecular weight excluding hydrogens is 384 g/mol. The van der Waals surface area contributed by atoms with Crippen LogP contribution in [0.25, 0.3) is 0 Å². The summed E-state index contributed by atoms with van der Waals surface area (Å²) < 4.78 is 26.8. The summed E-state index contributed by atoms with van der Waals surface area (Å²) in [7, 11) is -3.48. The number of sulfonamides is 1. The molecule has 0 aliphatic carbocycles. The van der Waals surface area contributed by atoms with E-state index in [2.05, 4.69) is 15.5 Å². The zero-order valence-electron chi connectivity index (χ0n) is 15.5. The third-order valence-electron chi connectivity index (χ3n) is 4.46. The predicted octanol–water partition coefficient (Wildman–Crippen LogP) is 3.13. The zero-order valence-corrected chi connectivity index (χ0v) is 17.1. The highest BCUT2D eigenvalue weighted by atomic mass is 32.2. The number of benzene rings is 1. The van der Waals surface area contributed by atoms with Crippen molar-refractivity contribution in [2.24, 2.45) is 0 Å². The fourth-order valence-corrected chi connectivity index (χ4v) is 5.12. The van der Waals surface area contributed by atoms with Crippen LogP contribution in [0.3, 0.4) is 0 Å². The first-order chi connectivity index (χ1) is 12.9. The van der Waals surface area contributed by atoms with Crippen LogP contribution in [0.5, 0.6) is 0 Å². The first kappa shape index (κ1) is 19.9. The van der Waals surface area contributed by atoms with Gasteiger partial charge in [0, 0.05) is 24.6 Å². The fourth-order valence-electron chi connectivity index (χ4n) is 2.86. The second kappa shape index (κ2) is 8.45. The summed E-state index contributed by atoms with van der Waals surface area (Å²) in [5.74, 6) is 0.168. The Balaban J connectivity index is 1.62. The number of piperidine rings is 1. The van der Waals surface area contributed by atoms with Crippen LogP contribution in [0.1, 0.15) is 54.4 Å². The molecule has 0 bridgehead atoms. The topological polar surface area (TPSA) is 92.3 Å². The summed E-state index contributed by atoms with van der Waals surface area (Å²) in [6.07, 6.45) is 2.86. The molecule has 1 saturated heterocycles. The molecule has 0 atom stereocenters. The summed E-state index contributed by atoms with van der Waals surface area (Å²) in [6, 6.07) is 6.17. The van der Waals surface area contributed by atoms with Crippen molar-refractivity contribution in [1.82, 2.24) is 14.5 Å². The number of nitrogens with one attached hydrogen (secondary N) is 1. The lowest BCUT2D eigenvalue weighted by atomic mass is 10.1. The molecule has 1 N–H and O–H groups in total. The van der Waals surface area contributed by atoms with Gasteiger partial charge in [0.15, 0.2) is 5.78 Å². The minimum absolute atomic E-state index is 0.0882. The lowest BCUT2D eigenvalue weighted by molar-refractivity contribution is 0.101. The standard InChI is InChI=1S/C18H24N4O3S2/c1-13(2)17-20-21-18(26-17)19-12-16(23)14-6-8-15(9-7-14)27(24,25)22-10-4-3-5-11-22/h6-9,13H,3-5,10-12H2,1-2H3,(H,19,21). The predicted molar refractivity (Wildman–Crippen MR) is 106 cm³/mol. The van der Waals surface area contributed by atoms with Gasteiger partial charge in [-0.2, -0.15) is 4.31 Å². The Labute approximate surface area is 163 Å². The molecule has 3 rings (SSSR count). The molecule has 27 heavy (non-hydrogen) atoms. The van der Waals surface area contributed by atoms with Crippen molar-refractivity contribution in [3.05, 3.63) is 34.8 Å². The summed E-state index contributed by atoms with van der Waals surface area (Å²) in [6.45, 7) is 5.29. The van der Waals surface area contributed by atoms with E-state index in [1.807, 2.05) is 13.8 Å². The smallest absolute Gasteiger partial charge is 0.243 e. The number of Topliss-reactive ketones (excluding diaryl/α,β-unsaturated/α-hetero) is 1. The SMILES string of the molecule is CC(C)c1nnc(NCC(=O)c2ccc(S(=O)(=O)N3CCCCC3)cc2)s1. The van der Waals surface area contributed by atoms with Gasteiger partial charge in [-0.15, -0.1) is 10.2 Å². The Morgan fingerprint density at radius 2 is 1.81 bits per heavy atom. The Morgan fingerprint density at radius 1 is 1.15 bits per heavy atom. The van der Waals surface area contributed by atoms with Gasteiger partial charge in [-0.1, -0.05) is 31.6 Å². The van der Waals surface area contributed by atoms with Crippen molar-refractivity contribution in [3.8, 4) is 0 Å². The third kappa shape index (κ3) is 4.72. The van der Waals surface area contributed by atoms with Crippen molar-refractivity contribution in [3.63, 3.8) is 0 Å². The highest BCUT2D eigenvalue weighted by Gasteiger charge is 2.25. The fraction of sp³-hybridized carbons (Fsp3) is 0.500. The second-order valence-electron chi connectivity index (χ2n) is 6.87. The molecule has 0 amide bonds. The van der Waals surface area contributed by atoms with Crippen LogP contribution in [0, 0.1) is 0 Å².